The Labute approximate surface area is 107 Å². The maximum Gasteiger partial charge on any atom is 0.233 e. The van der Waals surface area contributed by atoms with Crippen LogP contribution >= 0.6 is 11.8 Å². The average Bonchev–Trinajstić information content (AvgIpc) is 2.98. The van der Waals surface area contributed by atoms with Crippen molar-refractivity contribution in [3.63, 3.8) is 0 Å². The standard InChI is InChI=1S/C12H11FN2O2S/c13-8-3-1-7(2-4-8)11-14-12(17-15-11)9-5-18-6-10(9)16/h1-4,9-10,16H,5-6H2. The minimum atomic E-state index is -0.434. The molecule has 0 radical (unpaired) electrons. The Morgan fingerprint density at radius 2 is 2.06 bits per heavy atom. The Morgan fingerprint density at radius 1 is 1.28 bits per heavy atom. The molecule has 1 aromatic heterocycles. The number of nitrogens with zero attached hydrogens (tertiary/aromatic N) is 2. The highest BCUT2D eigenvalue weighted by atomic mass is 32.2. The van der Waals surface area contributed by atoms with E-state index >= 15 is 0 Å². The lowest BCUT2D eigenvalue weighted by atomic mass is 10.1. The second kappa shape index (κ2) is 4.70. The van der Waals surface area contributed by atoms with Crippen molar-refractivity contribution >= 4 is 11.8 Å². The average molecular weight is 266 g/mol. The van der Waals surface area contributed by atoms with E-state index in [1.807, 2.05) is 0 Å². The molecule has 2 heterocycles. The second-order valence-corrected chi connectivity index (χ2v) is 5.25. The molecule has 0 aliphatic carbocycles. The third kappa shape index (κ3) is 2.13. The quantitative estimate of drug-likeness (QED) is 0.901. The van der Waals surface area contributed by atoms with E-state index in [4.69, 9.17) is 4.52 Å². The van der Waals surface area contributed by atoms with Crippen LogP contribution in [-0.4, -0.2) is 32.9 Å². The minimum absolute atomic E-state index is 0.100. The number of benzene rings is 1. The number of aliphatic hydroxyl groups is 1. The fourth-order valence-corrected chi connectivity index (χ4v) is 3.11. The Balaban J connectivity index is 1.87. The van der Waals surface area contributed by atoms with Crippen LogP contribution in [0.4, 0.5) is 4.39 Å². The lowest BCUT2D eigenvalue weighted by Gasteiger charge is -2.06. The second-order valence-electron chi connectivity index (χ2n) is 4.17. The number of halogens is 1. The van der Waals surface area contributed by atoms with Crippen LogP contribution in [0.25, 0.3) is 11.4 Å². The van der Waals surface area contributed by atoms with Crippen LogP contribution in [0.2, 0.25) is 0 Å². The van der Waals surface area contributed by atoms with Gasteiger partial charge >= 0.3 is 0 Å². The van der Waals surface area contributed by atoms with Crippen molar-refractivity contribution in [3.8, 4) is 11.4 Å². The first-order valence-corrected chi connectivity index (χ1v) is 6.75. The highest BCUT2D eigenvalue weighted by Gasteiger charge is 2.32. The van der Waals surface area contributed by atoms with Gasteiger partial charge in [0.15, 0.2) is 0 Å². The van der Waals surface area contributed by atoms with Crippen LogP contribution in [0.1, 0.15) is 11.8 Å². The van der Waals surface area contributed by atoms with Crippen LogP contribution in [-0.2, 0) is 0 Å². The highest BCUT2D eigenvalue weighted by molar-refractivity contribution is 7.99. The van der Waals surface area contributed by atoms with Gasteiger partial charge in [0.2, 0.25) is 11.7 Å². The Kier molecular flexibility index (Phi) is 3.05. The molecule has 3 rings (SSSR count). The number of hydrogen-bond acceptors (Lipinski definition) is 5. The van der Waals surface area contributed by atoms with Crippen LogP contribution in [0.15, 0.2) is 28.8 Å². The molecule has 94 valence electrons. The van der Waals surface area contributed by atoms with Crippen molar-refractivity contribution < 1.29 is 14.0 Å². The summed E-state index contributed by atoms with van der Waals surface area (Å²) in [6.07, 6.45) is -0.434. The zero-order chi connectivity index (χ0) is 12.5. The van der Waals surface area contributed by atoms with E-state index in [0.29, 0.717) is 23.0 Å². The van der Waals surface area contributed by atoms with Crippen molar-refractivity contribution in [2.45, 2.75) is 12.0 Å². The molecule has 1 aliphatic rings. The number of hydrogen-bond donors (Lipinski definition) is 1. The Morgan fingerprint density at radius 3 is 2.72 bits per heavy atom. The maximum atomic E-state index is 12.8. The van der Waals surface area contributed by atoms with Gasteiger partial charge in [0.05, 0.1) is 12.0 Å². The van der Waals surface area contributed by atoms with Gasteiger partial charge < -0.3 is 9.63 Å². The molecule has 2 unspecified atom stereocenters. The van der Waals surface area contributed by atoms with E-state index in [1.54, 1.807) is 23.9 Å². The van der Waals surface area contributed by atoms with Gasteiger partial charge in [-0.1, -0.05) is 5.16 Å². The van der Waals surface area contributed by atoms with E-state index in [2.05, 4.69) is 10.1 Å². The molecule has 4 nitrogen and oxygen atoms in total. The minimum Gasteiger partial charge on any atom is -0.391 e. The fourth-order valence-electron chi connectivity index (χ4n) is 1.88. The van der Waals surface area contributed by atoms with Gasteiger partial charge in [-0.25, -0.2) is 4.39 Å². The molecular formula is C12H11FN2O2S. The molecule has 0 amide bonds. The molecule has 2 aromatic rings. The van der Waals surface area contributed by atoms with Gasteiger partial charge in [0.1, 0.15) is 5.82 Å². The highest BCUT2D eigenvalue weighted by Crippen LogP contribution is 2.32. The molecule has 0 saturated carbocycles. The predicted molar refractivity (Wildman–Crippen MR) is 65.8 cm³/mol. The zero-order valence-electron chi connectivity index (χ0n) is 9.41. The molecule has 1 fully saturated rings. The molecule has 0 bridgehead atoms. The zero-order valence-corrected chi connectivity index (χ0v) is 10.2. The van der Waals surface area contributed by atoms with Crippen molar-refractivity contribution in [2.75, 3.05) is 11.5 Å². The van der Waals surface area contributed by atoms with E-state index in [0.717, 1.165) is 5.75 Å². The maximum absolute atomic E-state index is 12.8. The number of thioether (sulfide) groups is 1. The number of aliphatic hydroxyl groups excluding tert-OH is 1. The van der Waals surface area contributed by atoms with Crippen molar-refractivity contribution in [3.05, 3.63) is 36.0 Å². The van der Waals surface area contributed by atoms with E-state index in [1.165, 1.54) is 12.1 Å². The summed E-state index contributed by atoms with van der Waals surface area (Å²) in [6, 6.07) is 5.91. The molecule has 1 aliphatic heterocycles. The van der Waals surface area contributed by atoms with Gasteiger partial charge in [-0.15, -0.1) is 0 Å². The van der Waals surface area contributed by atoms with Crippen LogP contribution in [0, 0.1) is 5.82 Å². The Bertz CT molecular complexity index is 543. The molecule has 1 aromatic carbocycles. The van der Waals surface area contributed by atoms with Crippen LogP contribution < -0.4 is 0 Å². The normalized spacial score (nSPS) is 23.4. The molecule has 0 spiro atoms. The van der Waals surface area contributed by atoms with Gasteiger partial charge in [-0.2, -0.15) is 16.7 Å². The summed E-state index contributed by atoms with van der Waals surface area (Å²) in [4.78, 5) is 4.27. The summed E-state index contributed by atoms with van der Waals surface area (Å²) < 4.78 is 18.0. The first kappa shape index (κ1) is 11.7. The van der Waals surface area contributed by atoms with E-state index in [-0.39, 0.29) is 11.7 Å². The van der Waals surface area contributed by atoms with Crippen LogP contribution in [0.5, 0.6) is 0 Å². The topological polar surface area (TPSA) is 59.2 Å². The number of rotatable bonds is 2. The van der Waals surface area contributed by atoms with Gasteiger partial charge in [0, 0.05) is 17.1 Å². The molecular weight excluding hydrogens is 255 g/mol. The van der Waals surface area contributed by atoms with Crippen molar-refractivity contribution in [2.24, 2.45) is 0 Å². The van der Waals surface area contributed by atoms with Gasteiger partial charge in [0.25, 0.3) is 0 Å². The van der Waals surface area contributed by atoms with E-state index in [9.17, 15) is 9.50 Å². The third-order valence-corrected chi connectivity index (χ3v) is 4.08. The fraction of sp³-hybridized carbons (Fsp3) is 0.333. The number of aromatic nitrogens is 2. The SMILES string of the molecule is OC1CSCC1c1nc(-c2ccc(F)cc2)no1. The summed E-state index contributed by atoms with van der Waals surface area (Å²) in [5.74, 6) is 1.95. The largest absolute Gasteiger partial charge is 0.391 e. The van der Waals surface area contributed by atoms with Crippen molar-refractivity contribution in [1.82, 2.24) is 10.1 Å². The smallest absolute Gasteiger partial charge is 0.233 e. The first-order valence-electron chi connectivity index (χ1n) is 5.59. The summed E-state index contributed by atoms with van der Waals surface area (Å²) in [5.41, 5.74) is 0.700. The summed E-state index contributed by atoms with van der Waals surface area (Å²) in [6.45, 7) is 0. The predicted octanol–water partition coefficient (Wildman–Crippen LogP) is 2.07. The monoisotopic (exact) mass is 266 g/mol. The first-order chi connectivity index (χ1) is 8.74. The van der Waals surface area contributed by atoms with Crippen molar-refractivity contribution in [1.29, 1.82) is 0 Å². The lowest BCUT2D eigenvalue weighted by Crippen LogP contribution is -2.15. The summed E-state index contributed by atoms with van der Waals surface area (Å²) in [7, 11) is 0. The molecule has 18 heavy (non-hydrogen) atoms. The van der Waals surface area contributed by atoms with E-state index < -0.39 is 6.10 Å². The van der Waals surface area contributed by atoms with Gasteiger partial charge in [-0.05, 0) is 24.3 Å². The molecule has 1 saturated heterocycles. The third-order valence-electron chi connectivity index (χ3n) is 2.91. The van der Waals surface area contributed by atoms with Gasteiger partial charge in [-0.3, -0.25) is 0 Å². The van der Waals surface area contributed by atoms with Crippen LogP contribution in [0.3, 0.4) is 0 Å². The molecule has 2 atom stereocenters. The lowest BCUT2D eigenvalue weighted by molar-refractivity contribution is 0.164. The summed E-state index contributed by atoms with van der Waals surface area (Å²) >= 11 is 1.66. The Hall–Kier alpha value is -1.40. The summed E-state index contributed by atoms with van der Waals surface area (Å²) in [5, 5.41) is 13.6. The molecule has 1 N–H and O–H groups in total. The molecule has 6 heteroatoms.